The highest BCUT2D eigenvalue weighted by atomic mass is 32.2. The zero-order chi connectivity index (χ0) is 5.98. The van der Waals surface area contributed by atoms with Gasteiger partial charge in [-0.3, -0.25) is 0 Å². The van der Waals surface area contributed by atoms with E-state index in [4.69, 9.17) is 5.11 Å². The van der Waals surface area contributed by atoms with Gasteiger partial charge < -0.3 is 5.11 Å². The Balaban J connectivity index is 2.24. The summed E-state index contributed by atoms with van der Waals surface area (Å²) in [5, 5.41) is 10.7. The van der Waals surface area contributed by atoms with E-state index in [1.165, 1.54) is 0 Å². The molecule has 0 aliphatic carbocycles. The molecule has 1 saturated heterocycles. The van der Waals surface area contributed by atoms with E-state index in [1.54, 1.807) is 0 Å². The minimum Gasteiger partial charge on any atom is -0.392 e. The smallest absolute Gasteiger partial charge is 0.0639 e. The topological polar surface area (TPSA) is 20.2 Å². The van der Waals surface area contributed by atoms with Gasteiger partial charge in [0, 0.05) is 16.1 Å². The van der Waals surface area contributed by atoms with Crippen LogP contribution in [-0.2, 0) is 0 Å². The lowest BCUT2D eigenvalue weighted by Crippen LogP contribution is -2.18. The van der Waals surface area contributed by atoms with Crippen molar-refractivity contribution in [2.24, 2.45) is 0 Å². The van der Waals surface area contributed by atoms with E-state index in [2.05, 4.69) is 0 Å². The zero-order valence-corrected chi connectivity index (χ0v) is 6.47. The molecule has 3 heteroatoms. The number of hydrogen-bond donors (Lipinski definition) is 1. The third-order valence-electron chi connectivity index (χ3n) is 1.19. The molecule has 1 N–H and O–H groups in total. The van der Waals surface area contributed by atoms with Gasteiger partial charge in [-0.15, -0.1) is 23.5 Å². The molecule has 0 bridgehead atoms. The summed E-state index contributed by atoms with van der Waals surface area (Å²) in [6.45, 7) is 1.86. The highest BCUT2D eigenvalue weighted by molar-refractivity contribution is 8.19. The van der Waals surface area contributed by atoms with Crippen molar-refractivity contribution < 1.29 is 5.11 Å². The average molecular weight is 150 g/mol. The van der Waals surface area contributed by atoms with Crippen molar-refractivity contribution in [3.05, 3.63) is 0 Å². The predicted molar refractivity (Wildman–Crippen MR) is 40.4 cm³/mol. The van der Waals surface area contributed by atoms with E-state index in [0.29, 0.717) is 5.25 Å². The monoisotopic (exact) mass is 150 g/mol. The van der Waals surface area contributed by atoms with E-state index >= 15 is 0 Å². The molecule has 0 aromatic heterocycles. The molecule has 2 atom stereocenters. The second kappa shape index (κ2) is 2.99. The minimum absolute atomic E-state index is 0.116. The van der Waals surface area contributed by atoms with Gasteiger partial charge in [-0.2, -0.15) is 0 Å². The summed E-state index contributed by atoms with van der Waals surface area (Å²) in [7, 11) is 0. The Bertz CT molecular complexity index is 68.8. The minimum atomic E-state index is -0.116. The Kier molecular flexibility index (Phi) is 2.53. The predicted octanol–water partition coefficient (Wildman–Crippen LogP) is 1.17. The fourth-order valence-corrected chi connectivity index (χ4v) is 3.56. The number of hydrogen-bond acceptors (Lipinski definition) is 3. The molecular weight excluding hydrogens is 140 g/mol. The van der Waals surface area contributed by atoms with Crippen molar-refractivity contribution in [2.75, 3.05) is 10.8 Å². The Morgan fingerprint density at radius 2 is 2.50 bits per heavy atom. The second-order valence-electron chi connectivity index (χ2n) is 1.93. The average Bonchev–Trinajstić information content (AvgIpc) is 2.12. The van der Waals surface area contributed by atoms with E-state index < -0.39 is 0 Å². The molecule has 0 radical (unpaired) electrons. The molecule has 0 amide bonds. The summed E-state index contributed by atoms with van der Waals surface area (Å²) in [5.74, 6) is 1.13. The fourth-order valence-electron chi connectivity index (χ4n) is 0.626. The normalized spacial score (nSPS) is 33.0. The number of aliphatic hydroxyl groups is 1. The molecule has 0 aromatic rings. The Labute approximate surface area is 58.2 Å². The van der Waals surface area contributed by atoms with Crippen molar-refractivity contribution in [1.82, 2.24) is 0 Å². The molecule has 48 valence electrons. The van der Waals surface area contributed by atoms with Crippen molar-refractivity contribution in [1.29, 1.82) is 0 Å². The molecule has 8 heavy (non-hydrogen) atoms. The van der Waals surface area contributed by atoms with Gasteiger partial charge in [0.05, 0.1) is 6.10 Å². The maximum Gasteiger partial charge on any atom is 0.0639 e. The van der Waals surface area contributed by atoms with Crippen LogP contribution in [0.2, 0.25) is 0 Å². The van der Waals surface area contributed by atoms with Gasteiger partial charge in [-0.05, 0) is 6.92 Å². The van der Waals surface area contributed by atoms with Crippen LogP contribution in [0, 0.1) is 0 Å². The molecule has 0 saturated carbocycles. The third kappa shape index (κ3) is 1.57. The van der Waals surface area contributed by atoms with E-state index in [1.807, 2.05) is 30.4 Å². The first-order valence-electron chi connectivity index (χ1n) is 2.68. The molecule has 2 unspecified atom stereocenters. The van der Waals surface area contributed by atoms with Crippen LogP contribution in [0.25, 0.3) is 0 Å². The Morgan fingerprint density at radius 1 is 1.75 bits per heavy atom. The second-order valence-corrected chi connectivity index (χ2v) is 4.56. The van der Waals surface area contributed by atoms with Crippen molar-refractivity contribution in [3.63, 3.8) is 0 Å². The quantitative estimate of drug-likeness (QED) is 0.606. The van der Waals surface area contributed by atoms with Gasteiger partial charge in [-0.25, -0.2) is 0 Å². The van der Waals surface area contributed by atoms with Crippen molar-refractivity contribution in [3.8, 4) is 0 Å². The van der Waals surface area contributed by atoms with Crippen LogP contribution < -0.4 is 0 Å². The van der Waals surface area contributed by atoms with Crippen LogP contribution in [0.15, 0.2) is 0 Å². The molecule has 0 aromatic carbocycles. The molecule has 1 fully saturated rings. The van der Waals surface area contributed by atoms with Crippen LogP contribution in [-0.4, -0.2) is 27.3 Å². The van der Waals surface area contributed by atoms with Gasteiger partial charge in [-0.1, -0.05) is 0 Å². The van der Waals surface area contributed by atoms with Crippen LogP contribution in [0.5, 0.6) is 0 Å². The summed E-state index contributed by atoms with van der Waals surface area (Å²) < 4.78 is 0. The van der Waals surface area contributed by atoms with Crippen LogP contribution in [0.1, 0.15) is 6.92 Å². The lowest BCUT2D eigenvalue weighted by Gasteiger charge is -2.08. The summed E-state index contributed by atoms with van der Waals surface area (Å²) in [5.41, 5.74) is 0. The van der Waals surface area contributed by atoms with Crippen molar-refractivity contribution >= 4 is 23.5 Å². The SMILES string of the molecule is CC(O)C1CSCS1. The molecule has 1 rings (SSSR count). The van der Waals surface area contributed by atoms with Crippen LogP contribution >= 0.6 is 23.5 Å². The van der Waals surface area contributed by atoms with E-state index in [0.717, 1.165) is 10.8 Å². The van der Waals surface area contributed by atoms with E-state index in [9.17, 15) is 0 Å². The third-order valence-corrected chi connectivity index (χ3v) is 4.19. The molecule has 0 spiro atoms. The van der Waals surface area contributed by atoms with Gasteiger partial charge in [0.1, 0.15) is 0 Å². The van der Waals surface area contributed by atoms with Gasteiger partial charge in [0.2, 0.25) is 0 Å². The van der Waals surface area contributed by atoms with Crippen LogP contribution in [0.3, 0.4) is 0 Å². The largest absolute Gasteiger partial charge is 0.392 e. The lowest BCUT2D eigenvalue weighted by molar-refractivity contribution is 0.198. The maximum absolute atomic E-state index is 9.02. The number of aliphatic hydroxyl groups excluding tert-OH is 1. The van der Waals surface area contributed by atoms with Gasteiger partial charge in [0.15, 0.2) is 0 Å². The summed E-state index contributed by atoms with van der Waals surface area (Å²) in [6.07, 6.45) is -0.116. The molecular formula is C5H10OS2. The molecule has 1 aliphatic heterocycles. The van der Waals surface area contributed by atoms with Crippen LogP contribution in [0.4, 0.5) is 0 Å². The lowest BCUT2D eigenvalue weighted by atomic mass is 10.3. The molecule has 1 heterocycles. The standard InChI is InChI=1S/C5H10OS2/c1-4(6)5-2-7-3-8-5/h4-6H,2-3H2,1H3. The first-order valence-corrected chi connectivity index (χ1v) is 4.88. The first kappa shape index (κ1) is 6.78. The molecule has 1 nitrogen and oxygen atoms in total. The zero-order valence-electron chi connectivity index (χ0n) is 4.83. The van der Waals surface area contributed by atoms with Crippen molar-refractivity contribution in [2.45, 2.75) is 18.3 Å². The number of thioether (sulfide) groups is 2. The first-order chi connectivity index (χ1) is 3.80. The highest BCUT2D eigenvalue weighted by Gasteiger charge is 2.19. The summed E-state index contributed by atoms with van der Waals surface area (Å²) >= 11 is 3.78. The van der Waals surface area contributed by atoms with Gasteiger partial charge >= 0.3 is 0 Å². The maximum atomic E-state index is 9.02. The molecule has 1 aliphatic rings. The van der Waals surface area contributed by atoms with E-state index in [-0.39, 0.29) is 6.10 Å². The summed E-state index contributed by atoms with van der Waals surface area (Å²) in [4.78, 5) is 0. The number of rotatable bonds is 1. The summed E-state index contributed by atoms with van der Waals surface area (Å²) in [6, 6.07) is 0. The Morgan fingerprint density at radius 3 is 2.75 bits per heavy atom. The van der Waals surface area contributed by atoms with Gasteiger partial charge in [0.25, 0.3) is 0 Å². The Hall–Kier alpha value is 0.660. The highest BCUT2D eigenvalue weighted by Crippen LogP contribution is 2.31. The fraction of sp³-hybridized carbons (Fsp3) is 1.00.